The summed E-state index contributed by atoms with van der Waals surface area (Å²) in [5.74, 6) is 0.543. The van der Waals surface area contributed by atoms with Gasteiger partial charge >= 0.3 is 5.97 Å². The fourth-order valence-electron chi connectivity index (χ4n) is 11.0. The van der Waals surface area contributed by atoms with Crippen molar-refractivity contribution in [3.05, 3.63) is 11.6 Å². The summed E-state index contributed by atoms with van der Waals surface area (Å²) in [6.07, 6.45) is 13.2. The van der Waals surface area contributed by atoms with E-state index in [2.05, 4.69) is 47.6 Å². The molecule has 9 atom stereocenters. The Balaban J connectivity index is 1.55. The maximum atomic E-state index is 12.5. The Morgan fingerprint density at radius 3 is 2.09 bits per heavy atom. The summed E-state index contributed by atoms with van der Waals surface area (Å²) in [5.41, 5.74) is 1.92. The van der Waals surface area contributed by atoms with Gasteiger partial charge in [-0.25, -0.2) is 0 Å². The molecule has 5 aliphatic rings. The summed E-state index contributed by atoms with van der Waals surface area (Å²) in [6.45, 7) is 16.9. The number of carboxylic acid groups (broad SMARTS) is 1. The lowest BCUT2D eigenvalue weighted by Crippen LogP contribution is -2.68. The first-order valence-electron chi connectivity index (χ1n) is 13.8. The van der Waals surface area contributed by atoms with Gasteiger partial charge in [0.1, 0.15) is 0 Å². The van der Waals surface area contributed by atoms with Crippen LogP contribution in [-0.2, 0) is 4.79 Å². The zero-order valence-corrected chi connectivity index (χ0v) is 22.3. The molecule has 5 rings (SSSR count). The monoisotopic (exact) mass is 456 g/mol. The van der Waals surface area contributed by atoms with E-state index >= 15 is 0 Å². The highest BCUT2D eigenvalue weighted by Gasteiger charge is 2.71. The summed E-state index contributed by atoms with van der Waals surface area (Å²) < 4.78 is 0. The smallest absolute Gasteiger partial charge is 0.312 e. The fraction of sp³-hybridized carbons (Fsp3) is 0.900. The molecule has 0 aliphatic heterocycles. The van der Waals surface area contributed by atoms with Crippen molar-refractivity contribution >= 4 is 5.97 Å². The normalized spacial score (nSPS) is 55.3. The van der Waals surface area contributed by atoms with Gasteiger partial charge in [-0.1, -0.05) is 53.2 Å². The zero-order valence-electron chi connectivity index (χ0n) is 22.3. The Kier molecular flexibility index (Phi) is 4.99. The first kappa shape index (κ1) is 23.9. The van der Waals surface area contributed by atoms with Crippen LogP contribution in [0.3, 0.4) is 0 Å². The van der Waals surface area contributed by atoms with Gasteiger partial charge in [-0.3, -0.25) is 4.79 Å². The van der Waals surface area contributed by atoms with E-state index in [1.54, 1.807) is 5.57 Å². The number of aliphatic carboxylic acids is 1. The Morgan fingerprint density at radius 1 is 0.788 bits per heavy atom. The van der Waals surface area contributed by atoms with Gasteiger partial charge in [0.25, 0.3) is 0 Å². The summed E-state index contributed by atoms with van der Waals surface area (Å²) in [4.78, 5) is 12.5. The lowest BCUT2D eigenvalue weighted by atomic mass is 9.31. The predicted molar refractivity (Wildman–Crippen MR) is 133 cm³/mol. The van der Waals surface area contributed by atoms with Crippen molar-refractivity contribution in [1.29, 1.82) is 0 Å². The molecule has 0 radical (unpaired) electrons. The van der Waals surface area contributed by atoms with Gasteiger partial charge in [0, 0.05) is 0 Å². The molecule has 4 fully saturated rings. The number of allylic oxidation sites excluding steroid dienone is 2. The molecule has 186 valence electrons. The lowest BCUT2D eigenvalue weighted by molar-refractivity contribution is -0.245. The van der Waals surface area contributed by atoms with Crippen LogP contribution in [0, 0.1) is 50.2 Å². The third kappa shape index (κ3) is 2.81. The van der Waals surface area contributed by atoms with Crippen molar-refractivity contribution in [1.82, 2.24) is 0 Å². The summed E-state index contributed by atoms with van der Waals surface area (Å²) in [6, 6.07) is 0. The van der Waals surface area contributed by atoms with Crippen molar-refractivity contribution in [3.63, 3.8) is 0 Å². The molecule has 0 unspecified atom stereocenters. The van der Waals surface area contributed by atoms with Crippen molar-refractivity contribution in [2.75, 3.05) is 0 Å². The van der Waals surface area contributed by atoms with Crippen molar-refractivity contribution in [2.24, 2.45) is 50.2 Å². The van der Waals surface area contributed by atoms with Gasteiger partial charge in [0.2, 0.25) is 0 Å². The predicted octanol–water partition coefficient (Wildman–Crippen LogP) is 7.23. The molecule has 3 heteroatoms. The second-order valence-corrected chi connectivity index (χ2v) is 14.8. The van der Waals surface area contributed by atoms with Gasteiger partial charge in [-0.2, -0.15) is 0 Å². The summed E-state index contributed by atoms with van der Waals surface area (Å²) >= 11 is 0. The van der Waals surface area contributed by atoms with E-state index in [4.69, 9.17) is 0 Å². The number of fused-ring (bicyclic) bond motifs is 7. The second-order valence-electron chi connectivity index (χ2n) is 14.8. The minimum atomic E-state index is -1.02. The summed E-state index contributed by atoms with van der Waals surface area (Å²) in [5, 5.41) is 21.1. The SMILES string of the molecule is CC1(C)C=C2CC[C@]3(C)[C@H](CC[C@@H]4[C@@]5(C)CC[C@H](O)[C@](C)(C(=O)O)[C@@H]5CC[C@]43C)[C@@]2(C)CC1. The number of carboxylic acids is 1. The van der Waals surface area contributed by atoms with E-state index in [-0.39, 0.29) is 16.7 Å². The van der Waals surface area contributed by atoms with Crippen LogP contribution in [0.1, 0.15) is 113 Å². The number of carbonyl (C=O) groups is 1. The van der Waals surface area contributed by atoms with Crippen LogP contribution in [0.5, 0.6) is 0 Å². The fourth-order valence-corrected chi connectivity index (χ4v) is 11.0. The molecule has 4 saturated carbocycles. The van der Waals surface area contributed by atoms with E-state index in [0.29, 0.717) is 28.6 Å². The van der Waals surface area contributed by atoms with Crippen molar-refractivity contribution in [3.8, 4) is 0 Å². The Labute approximate surface area is 201 Å². The number of rotatable bonds is 1. The largest absolute Gasteiger partial charge is 0.481 e. The van der Waals surface area contributed by atoms with Crippen LogP contribution in [0.25, 0.3) is 0 Å². The molecule has 33 heavy (non-hydrogen) atoms. The molecular weight excluding hydrogens is 408 g/mol. The number of hydrogen-bond donors (Lipinski definition) is 2. The topological polar surface area (TPSA) is 57.5 Å². The van der Waals surface area contributed by atoms with Crippen LogP contribution < -0.4 is 0 Å². The van der Waals surface area contributed by atoms with Gasteiger partial charge in [-0.05, 0) is 116 Å². The molecule has 0 saturated heterocycles. The van der Waals surface area contributed by atoms with Gasteiger partial charge in [0.15, 0.2) is 0 Å². The average Bonchev–Trinajstić information content (AvgIpc) is 2.72. The van der Waals surface area contributed by atoms with Crippen LogP contribution >= 0.6 is 0 Å². The maximum absolute atomic E-state index is 12.5. The van der Waals surface area contributed by atoms with Crippen LogP contribution in [-0.4, -0.2) is 22.3 Å². The highest BCUT2D eigenvalue weighted by atomic mass is 16.4. The van der Waals surface area contributed by atoms with Gasteiger partial charge in [-0.15, -0.1) is 0 Å². The van der Waals surface area contributed by atoms with Crippen LogP contribution in [0.2, 0.25) is 0 Å². The molecule has 0 heterocycles. The zero-order chi connectivity index (χ0) is 24.2. The molecule has 0 bridgehead atoms. The molecule has 0 aromatic rings. The first-order chi connectivity index (χ1) is 15.2. The van der Waals surface area contributed by atoms with Crippen molar-refractivity contribution < 1.29 is 15.0 Å². The number of aliphatic hydroxyl groups is 1. The Morgan fingerprint density at radius 2 is 1.42 bits per heavy atom. The minimum absolute atomic E-state index is 0.00106. The first-order valence-corrected chi connectivity index (χ1v) is 13.8. The quantitative estimate of drug-likeness (QED) is 0.409. The molecule has 0 aromatic heterocycles. The third-order valence-electron chi connectivity index (χ3n) is 13.2. The summed E-state index contributed by atoms with van der Waals surface area (Å²) in [7, 11) is 0. The average molecular weight is 457 g/mol. The molecule has 5 aliphatic carbocycles. The molecule has 2 N–H and O–H groups in total. The number of aliphatic hydroxyl groups excluding tert-OH is 1. The molecule has 0 amide bonds. The molecule has 0 aromatic carbocycles. The highest BCUT2D eigenvalue weighted by molar-refractivity contribution is 5.76. The standard InChI is InChI=1S/C30H48O3/c1-25(2)16-17-26(3)19(18-25)10-14-28(5)20(26)8-9-21-27(4)13-12-23(31)30(7,24(32)33)22(27)11-15-29(21,28)6/h18,20-23,31H,8-17H2,1-7H3,(H,32,33)/t20-,21-,22-,23+,26+,27-,28-,29-,30-/m1/s1. The molecule has 3 nitrogen and oxygen atoms in total. The number of hydrogen-bond acceptors (Lipinski definition) is 2. The second kappa shape index (κ2) is 6.89. The van der Waals surface area contributed by atoms with Gasteiger partial charge < -0.3 is 10.2 Å². The van der Waals surface area contributed by atoms with E-state index in [0.717, 1.165) is 25.2 Å². The van der Waals surface area contributed by atoms with Crippen LogP contribution in [0.15, 0.2) is 11.6 Å². The molecule has 0 spiro atoms. The minimum Gasteiger partial charge on any atom is -0.481 e. The lowest BCUT2D eigenvalue weighted by Gasteiger charge is -2.73. The highest BCUT2D eigenvalue weighted by Crippen LogP contribution is 2.77. The van der Waals surface area contributed by atoms with E-state index in [1.165, 1.54) is 38.5 Å². The van der Waals surface area contributed by atoms with E-state index in [1.807, 2.05) is 6.92 Å². The van der Waals surface area contributed by atoms with E-state index < -0.39 is 17.5 Å². The van der Waals surface area contributed by atoms with Gasteiger partial charge in [0.05, 0.1) is 11.5 Å². The maximum Gasteiger partial charge on any atom is 0.312 e. The Bertz CT molecular complexity index is 889. The van der Waals surface area contributed by atoms with E-state index in [9.17, 15) is 15.0 Å². The Hall–Kier alpha value is -0.830. The third-order valence-corrected chi connectivity index (χ3v) is 13.2. The van der Waals surface area contributed by atoms with Crippen LogP contribution in [0.4, 0.5) is 0 Å². The van der Waals surface area contributed by atoms with Crippen molar-refractivity contribution in [2.45, 2.75) is 119 Å². The molecular formula is C30H48O3.